The molecule has 1 aliphatic heterocycles. The van der Waals surface area contributed by atoms with Gasteiger partial charge in [-0.05, 0) is 68.7 Å². The predicted octanol–water partition coefficient (Wildman–Crippen LogP) is 4.39. The van der Waals surface area contributed by atoms with E-state index in [4.69, 9.17) is 9.47 Å². The molecule has 1 unspecified atom stereocenters. The summed E-state index contributed by atoms with van der Waals surface area (Å²) in [5, 5.41) is 11.7. The highest BCUT2D eigenvalue weighted by Gasteiger charge is 2.30. The number of amides is 1. The molecule has 1 saturated heterocycles. The number of alkyl halides is 3. The second-order valence-electron chi connectivity index (χ2n) is 7.94. The molecule has 3 rings (SSSR count). The van der Waals surface area contributed by atoms with E-state index in [1.54, 1.807) is 6.07 Å². The van der Waals surface area contributed by atoms with Gasteiger partial charge in [-0.2, -0.15) is 18.4 Å². The summed E-state index contributed by atoms with van der Waals surface area (Å²) in [6, 6.07) is 7.48. The molecular formula is C24H24F3N3O4. The number of carbonyl (C=O) groups is 2. The Morgan fingerprint density at radius 3 is 2.59 bits per heavy atom. The number of carbonyl (C=O) groups excluding carboxylic acids is 2. The van der Waals surface area contributed by atoms with Crippen molar-refractivity contribution in [1.82, 2.24) is 4.57 Å². The van der Waals surface area contributed by atoms with E-state index in [1.807, 2.05) is 19.9 Å². The number of nitrogens with one attached hydrogen (secondary N) is 1. The van der Waals surface area contributed by atoms with E-state index in [2.05, 4.69) is 9.88 Å². The molecule has 34 heavy (non-hydrogen) atoms. The van der Waals surface area contributed by atoms with E-state index < -0.39 is 30.2 Å². The van der Waals surface area contributed by atoms with Crippen molar-refractivity contribution in [3.8, 4) is 6.07 Å². The Hall–Kier alpha value is -3.58. The molecule has 1 aliphatic rings. The van der Waals surface area contributed by atoms with E-state index in [0.717, 1.165) is 55.1 Å². The van der Waals surface area contributed by atoms with Crippen LogP contribution in [0.5, 0.6) is 0 Å². The number of hydrogen-bond acceptors (Lipinski definition) is 5. The zero-order valence-electron chi connectivity index (χ0n) is 18.7. The average molecular weight is 475 g/mol. The monoisotopic (exact) mass is 475 g/mol. The quantitative estimate of drug-likeness (QED) is 0.364. The largest absolute Gasteiger partial charge is 0.451 e. The first kappa shape index (κ1) is 25.1. The van der Waals surface area contributed by atoms with Crippen LogP contribution in [0.4, 0.5) is 18.9 Å². The molecule has 2 heterocycles. The lowest BCUT2D eigenvalue weighted by Gasteiger charge is -2.14. The van der Waals surface area contributed by atoms with Crippen LogP contribution in [0.1, 0.15) is 35.4 Å². The molecule has 0 saturated carbocycles. The zero-order valence-corrected chi connectivity index (χ0v) is 18.7. The molecule has 1 N–H and O–H groups in total. The van der Waals surface area contributed by atoms with E-state index in [1.165, 1.54) is 6.08 Å². The summed E-state index contributed by atoms with van der Waals surface area (Å²) < 4.78 is 50.5. The molecule has 1 aromatic carbocycles. The van der Waals surface area contributed by atoms with Crippen LogP contribution in [0.2, 0.25) is 0 Å². The van der Waals surface area contributed by atoms with Gasteiger partial charge in [0.1, 0.15) is 11.6 Å². The van der Waals surface area contributed by atoms with Gasteiger partial charge in [0, 0.05) is 30.2 Å². The maximum atomic E-state index is 12.6. The summed E-state index contributed by atoms with van der Waals surface area (Å²) >= 11 is 0. The fraction of sp³-hybridized carbons (Fsp3) is 0.375. The van der Waals surface area contributed by atoms with E-state index >= 15 is 0 Å². The van der Waals surface area contributed by atoms with Crippen molar-refractivity contribution in [2.24, 2.45) is 0 Å². The van der Waals surface area contributed by atoms with E-state index in [9.17, 15) is 28.0 Å². The van der Waals surface area contributed by atoms with Crippen LogP contribution >= 0.6 is 0 Å². The van der Waals surface area contributed by atoms with Crippen molar-refractivity contribution in [3.05, 3.63) is 58.4 Å². The van der Waals surface area contributed by atoms with Crippen molar-refractivity contribution < 1.29 is 32.2 Å². The van der Waals surface area contributed by atoms with Gasteiger partial charge in [-0.15, -0.1) is 0 Å². The van der Waals surface area contributed by atoms with Gasteiger partial charge in [-0.1, -0.05) is 0 Å². The number of hydrogen-bond donors (Lipinski definition) is 1. The van der Waals surface area contributed by atoms with E-state index in [-0.39, 0.29) is 17.4 Å². The van der Waals surface area contributed by atoms with E-state index in [0.29, 0.717) is 12.1 Å². The third-order valence-electron chi connectivity index (χ3n) is 5.49. The van der Waals surface area contributed by atoms with Crippen LogP contribution in [0.3, 0.4) is 0 Å². The maximum Gasteiger partial charge on any atom is 0.416 e. The Labute approximate surface area is 194 Å². The van der Waals surface area contributed by atoms with Gasteiger partial charge < -0.3 is 19.4 Å². The van der Waals surface area contributed by atoms with Gasteiger partial charge in [0.05, 0.1) is 11.7 Å². The van der Waals surface area contributed by atoms with Gasteiger partial charge in [-0.3, -0.25) is 4.79 Å². The molecule has 0 spiro atoms. The number of aryl methyl sites for hydroxylation is 1. The Bertz CT molecular complexity index is 1120. The predicted molar refractivity (Wildman–Crippen MR) is 118 cm³/mol. The highest BCUT2D eigenvalue weighted by molar-refractivity contribution is 6.00. The number of esters is 1. The topological polar surface area (TPSA) is 93.4 Å². The summed E-state index contributed by atoms with van der Waals surface area (Å²) in [5.74, 6) is -1.73. The van der Waals surface area contributed by atoms with Crippen LogP contribution in [0.15, 0.2) is 35.9 Å². The third kappa shape index (κ3) is 6.26. The molecule has 0 radical (unpaired) electrons. The Morgan fingerprint density at radius 1 is 1.29 bits per heavy atom. The van der Waals surface area contributed by atoms with Gasteiger partial charge in [0.15, 0.2) is 6.61 Å². The first-order valence-electron chi connectivity index (χ1n) is 10.6. The second-order valence-corrected chi connectivity index (χ2v) is 7.94. The highest BCUT2D eigenvalue weighted by atomic mass is 19.4. The van der Waals surface area contributed by atoms with Crippen LogP contribution in [0.25, 0.3) is 6.08 Å². The smallest absolute Gasteiger partial charge is 0.416 e. The number of aromatic nitrogens is 1. The van der Waals surface area contributed by atoms with Gasteiger partial charge >= 0.3 is 12.1 Å². The molecular weight excluding hydrogens is 451 g/mol. The molecule has 7 nitrogen and oxygen atoms in total. The zero-order chi connectivity index (χ0) is 24.9. The molecule has 2 aromatic rings. The number of halogens is 3. The van der Waals surface area contributed by atoms with Gasteiger partial charge in [0.2, 0.25) is 0 Å². The third-order valence-corrected chi connectivity index (χ3v) is 5.49. The molecule has 0 aliphatic carbocycles. The summed E-state index contributed by atoms with van der Waals surface area (Å²) in [7, 11) is 0. The van der Waals surface area contributed by atoms with Crippen LogP contribution in [0, 0.1) is 25.2 Å². The standard InChI is InChI=1S/C24H24F3N3O4/c1-15-10-17(16(2)30(15)13-21-4-3-9-33-21)11-18(12-28)23(32)34-14-22(31)29-20-7-5-19(6-8-20)24(25,26)27/h5-8,10-11,21H,3-4,9,13-14H2,1-2H3,(H,29,31). The Morgan fingerprint density at radius 2 is 2.00 bits per heavy atom. The van der Waals surface area contributed by atoms with Crippen LogP contribution < -0.4 is 5.32 Å². The molecule has 1 aromatic heterocycles. The lowest BCUT2D eigenvalue weighted by molar-refractivity contribution is -0.142. The number of nitrogens with zero attached hydrogens (tertiary/aromatic N) is 2. The second kappa shape index (κ2) is 10.6. The minimum absolute atomic E-state index is 0.115. The minimum atomic E-state index is -4.49. The van der Waals surface area contributed by atoms with Crippen molar-refractivity contribution in [2.45, 2.75) is 45.5 Å². The molecule has 0 bridgehead atoms. The number of rotatable bonds is 7. The Kier molecular flexibility index (Phi) is 7.79. The van der Waals surface area contributed by atoms with Crippen molar-refractivity contribution in [2.75, 3.05) is 18.5 Å². The maximum absolute atomic E-state index is 12.6. The minimum Gasteiger partial charge on any atom is -0.451 e. The lowest BCUT2D eigenvalue weighted by atomic mass is 10.1. The molecule has 1 fully saturated rings. The van der Waals surface area contributed by atoms with Crippen molar-refractivity contribution in [1.29, 1.82) is 5.26 Å². The molecule has 1 amide bonds. The van der Waals surface area contributed by atoms with Crippen molar-refractivity contribution >= 4 is 23.6 Å². The SMILES string of the molecule is Cc1cc(C=C(C#N)C(=O)OCC(=O)Nc2ccc(C(F)(F)F)cc2)c(C)n1CC1CCCO1. The van der Waals surface area contributed by atoms with Gasteiger partial charge in [-0.25, -0.2) is 4.79 Å². The first-order valence-corrected chi connectivity index (χ1v) is 10.6. The summed E-state index contributed by atoms with van der Waals surface area (Å²) in [5.41, 5.74) is 1.49. The van der Waals surface area contributed by atoms with Gasteiger partial charge in [0.25, 0.3) is 5.91 Å². The number of benzene rings is 1. The first-order chi connectivity index (χ1) is 16.1. The average Bonchev–Trinajstić information content (AvgIpc) is 3.39. The number of anilines is 1. The molecule has 1 atom stereocenters. The number of nitriles is 1. The summed E-state index contributed by atoms with van der Waals surface area (Å²) in [6.45, 7) is 4.54. The Balaban J connectivity index is 1.60. The van der Waals surface area contributed by atoms with Crippen LogP contribution in [-0.2, 0) is 31.8 Å². The lowest BCUT2D eigenvalue weighted by Crippen LogP contribution is -2.21. The molecule has 180 valence electrons. The fourth-order valence-corrected chi connectivity index (χ4v) is 3.69. The summed E-state index contributed by atoms with van der Waals surface area (Å²) in [4.78, 5) is 24.3. The summed E-state index contributed by atoms with van der Waals surface area (Å²) in [6.07, 6.45) is -0.949. The van der Waals surface area contributed by atoms with Crippen LogP contribution in [-0.4, -0.2) is 35.8 Å². The molecule has 10 heteroatoms. The fourth-order valence-electron chi connectivity index (χ4n) is 3.69. The van der Waals surface area contributed by atoms with Crippen molar-refractivity contribution in [3.63, 3.8) is 0 Å². The highest BCUT2D eigenvalue weighted by Crippen LogP contribution is 2.29. The number of ether oxygens (including phenoxy) is 2. The normalized spacial score (nSPS) is 16.2.